The Morgan fingerprint density at radius 2 is 1.96 bits per heavy atom. The summed E-state index contributed by atoms with van der Waals surface area (Å²) in [6.45, 7) is 1.01. The van der Waals surface area contributed by atoms with Gasteiger partial charge in [-0.05, 0) is 25.8 Å². The van der Waals surface area contributed by atoms with Crippen LogP contribution in [0.4, 0.5) is 8.78 Å². The third-order valence-electron chi connectivity index (χ3n) is 5.37. The third-order valence-corrected chi connectivity index (χ3v) is 5.37. The van der Waals surface area contributed by atoms with Crippen molar-refractivity contribution in [3.63, 3.8) is 0 Å². The van der Waals surface area contributed by atoms with E-state index in [1.54, 1.807) is 25.1 Å². The molecule has 140 valence electrons. The molecule has 7 heteroatoms. The molecule has 0 aromatic heterocycles. The van der Waals surface area contributed by atoms with Crippen LogP contribution in [0.15, 0.2) is 24.3 Å². The Kier molecular flexibility index (Phi) is 5.29. The van der Waals surface area contributed by atoms with Crippen LogP contribution in [0, 0.1) is 0 Å². The van der Waals surface area contributed by atoms with Gasteiger partial charge >= 0.3 is 6.61 Å². The summed E-state index contributed by atoms with van der Waals surface area (Å²) in [5, 5.41) is 20.9. The summed E-state index contributed by atoms with van der Waals surface area (Å²) in [5.41, 5.74) is -1.16. The third kappa shape index (κ3) is 3.95. The Labute approximate surface area is 146 Å². The van der Waals surface area contributed by atoms with E-state index in [2.05, 4.69) is 9.64 Å². The van der Waals surface area contributed by atoms with Crippen molar-refractivity contribution in [3.05, 3.63) is 29.8 Å². The van der Waals surface area contributed by atoms with Crippen molar-refractivity contribution in [1.82, 2.24) is 4.90 Å². The average Bonchev–Trinajstić information content (AvgIpc) is 2.56. The van der Waals surface area contributed by atoms with E-state index < -0.39 is 23.9 Å². The maximum atomic E-state index is 12.5. The highest BCUT2D eigenvalue weighted by Gasteiger charge is 2.52. The number of ether oxygens (including phenoxy) is 2. The summed E-state index contributed by atoms with van der Waals surface area (Å²) >= 11 is 0. The van der Waals surface area contributed by atoms with Crippen molar-refractivity contribution in [1.29, 1.82) is 0 Å². The molecule has 2 saturated heterocycles. The summed E-state index contributed by atoms with van der Waals surface area (Å²) in [6.07, 6.45) is 0.660. The zero-order valence-corrected chi connectivity index (χ0v) is 14.3. The molecule has 2 aliphatic heterocycles. The Hall–Kier alpha value is -1.28. The molecule has 0 saturated carbocycles. The van der Waals surface area contributed by atoms with E-state index in [1.807, 2.05) is 0 Å². The maximum Gasteiger partial charge on any atom is 0.387 e. The van der Waals surface area contributed by atoms with Crippen LogP contribution in [0.25, 0.3) is 0 Å². The quantitative estimate of drug-likeness (QED) is 0.865. The van der Waals surface area contributed by atoms with Gasteiger partial charge in [0.2, 0.25) is 0 Å². The fraction of sp³-hybridized carbons (Fsp3) is 0.667. The molecule has 1 aromatic rings. The fourth-order valence-corrected chi connectivity index (χ4v) is 3.84. The van der Waals surface area contributed by atoms with Crippen molar-refractivity contribution in [2.75, 3.05) is 19.7 Å². The Morgan fingerprint density at radius 3 is 2.64 bits per heavy atom. The summed E-state index contributed by atoms with van der Waals surface area (Å²) in [5.74, 6) is 0.190. The van der Waals surface area contributed by atoms with E-state index in [4.69, 9.17) is 4.74 Å². The highest BCUT2D eigenvalue weighted by molar-refractivity contribution is 5.33. The van der Waals surface area contributed by atoms with Gasteiger partial charge in [-0.3, -0.25) is 4.90 Å². The van der Waals surface area contributed by atoms with Gasteiger partial charge in [0.1, 0.15) is 11.9 Å². The second-order valence-corrected chi connectivity index (χ2v) is 7.19. The monoisotopic (exact) mass is 357 g/mol. The number of para-hydroxylation sites is 1. The van der Waals surface area contributed by atoms with Gasteiger partial charge in [0.15, 0.2) is 0 Å². The van der Waals surface area contributed by atoms with E-state index >= 15 is 0 Å². The van der Waals surface area contributed by atoms with Gasteiger partial charge in [-0.1, -0.05) is 18.2 Å². The van der Waals surface area contributed by atoms with Gasteiger partial charge < -0.3 is 19.7 Å². The maximum absolute atomic E-state index is 12.5. The van der Waals surface area contributed by atoms with Crippen LogP contribution in [-0.2, 0) is 11.3 Å². The minimum absolute atomic E-state index is 0.190. The van der Waals surface area contributed by atoms with E-state index in [0.717, 1.165) is 0 Å². The van der Waals surface area contributed by atoms with Crippen molar-refractivity contribution in [2.24, 2.45) is 0 Å². The number of piperidine rings is 1. The molecule has 2 fully saturated rings. The van der Waals surface area contributed by atoms with Crippen LogP contribution in [0.3, 0.4) is 0 Å². The van der Waals surface area contributed by atoms with Gasteiger partial charge in [0, 0.05) is 31.6 Å². The first kappa shape index (κ1) is 18.5. The molecule has 1 aromatic carbocycles. The van der Waals surface area contributed by atoms with Crippen LogP contribution >= 0.6 is 0 Å². The van der Waals surface area contributed by atoms with E-state index in [0.29, 0.717) is 51.1 Å². The molecule has 25 heavy (non-hydrogen) atoms. The second-order valence-electron chi connectivity index (χ2n) is 7.19. The molecule has 3 rings (SSSR count). The minimum atomic E-state index is -2.85. The van der Waals surface area contributed by atoms with Crippen LogP contribution in [-0.4, -0.2) is 58.7 Å². The molecule has 0 amide bonds. The number of alkyl halides is 2. The SMILES string of the molecule is C[C@@]1(O)CCOC2(CCN(Cc3ccccc3OC(F)F)CC2)[C@H]1O. The predicted molar refractivity (Wildman–Crippen MR) is 87.5 cm³/mol. The molecule has 0 unspecified atom stereocenters. The lowest BCUT2D eigenvalue weighted by Crippen LogP contribution is -2.64. The van der Waals surface area contributed by atoms with Crippen LogP contribution < -0.4 is 4.74 Å². The van der Waals surface area contributed by atoms with Crippen molar-refractivity contribution in [2.45, 2.75) is 56.6 Å². The topological polar surface area (TPSA) is 62.2 Å². The molecular weight excluding hydrogens is 332 g/mol. The minimum Gasteiger partial charge on any atom is -0.434 e. The lowest BCUT2D eigenvalue weighted by atomic mass is 9.75. The van der Waals surface area contributed by atoms with Gasteiger partial charge in [-0.15, -0.1) is 0 Å². The number of aliphatic hydroxyl groups excluding tert-OH is 1. The van der Waals surface area contributed by atoms with Crippen LogP contribution in [0.1, 0.15) is 31.7 Å². The Morgan fingerprint density at radius 1 is 1.28 bits per heavy atom. The van der Waals surface area contributed by atoms with Gasteiger partial charge in [0.25, 0.3) is 0 Å². The standard InChI is InChI=1S/C18H25F2NO4/c1-17(23)8-11-24-18(15(17)22)6-9-21(10-7-18)12-13-4-2-3-5-14(13)25-16(19)20/h2-5,15-16,22-23H,6-12H2,1H3/t15-,17+/m0/s1. The summed E-state index contributed by atoms with van der Waals surface area (Å²) in [7, 11) is 0. The van der Waals surface area contributed by atoms with Crippen molar-refractivity contribution < 1.29 is 28.5 Å². The lowest BCUT2D eigenvalue weighted by Gasteiger charge is -2.51. The van der Waals surface area contributed by atoms with Gasteiger partial charge in [0.05, 0.1) is 17.8 Å². The molecule has 0 radical (unpaired) electrons. The summed E-state index contributed by atoms with van der Waals surface area (Å²) in [6, 6.07) is 6.78. The molecule has 2 atom stereocenters. The van der Waals surface area contributed by atoms with Crippen molar-refractivity contribution >= 4 is 0 Å². The predicted octanol–water partition coefficient (Wildman–Crippen LogP) is 2.15. The number of rotatable bonds is 4. The smallest absolute Gasteiger partial charge is 0.387 e. The molecule has 5 nitrogen and oxygen atoms in total. The number of aliphatic hydroxyl groups is 2. The number of hydrogen-bond acceptors (Lipinski definition) is 5. The zero-order valence-electron chi connectivity index (χ0n) is 14.3. The molecular formula is C18H25F2NO4. The van der Waals surface area contributed by atoms with Crippen molar-refractivity contribution in [3.8, 4) is 5.75 Å². The van der Waals surface area contributed by atoms with Gasteiger partial charge in [-0.25, -0.2) is 0 Å². The van der Waals surface area contributed by atoms with E-state index in [9.17, 15) is 19.0 Å². The Balaban J connectivity index is 1.64. The van der Waals surface area contributed by atoms with E-state index in [-0.39, 0.29) is 5.75 Å². The number of benzene rings is 1. The molecule has 0 bridgehead atoms. The first-order valence-corrected chi connectivity index (χ1v) is 8.62. The average molecular weight is 357 g/mol. The first-order valence-electron chi connectivity index (χ1n) is 8.62. The zero-order chi connectivity index (χ0) is 18.1. The first-order chi connectivity index (χ1) is 11.8. The molecule has 2 heterocycles. The largest absolute Gasteiger partial charge is 0.434 e. The normalized spacial score (nSPS) is 29.9. The van der Waals surface area contributed by atoms with Crippen LogP contribution in [0.5, 0.6) is 5.75 Å². The second kappa shape index (κ2) is 7.15. The van der Waals surface area contributed by atoms with E-state index in [1.165, 1.54) is 6.07 Å². The van der Waals surface area contributed by atoms with Crippen LogP contribution in [0.2, 0.25) is 0 Å². The number of halogens is 2. The molecule has 0 aliphatic carbocycles. The fourth-order valence-electron chi connectivity index (χ4n) is 3.84. The van der Waals surface area contributed by atoms with Gasteiger partial charge in [-0.2, -0.15) is 8.78 Å². The molecule has 2 N–H and O–H groups in total. The molecule has 2 aliphatic rings. The highest BCUT2D eigenvalue weighted by atomic mass is 19.3. The number of nitrogens with zero attached hydrogens (tertiary/aromatic N) is 1. The lowest BCUT2D eigenvalue weighted by molar-refractivity contribution is -0.246. The Bertz CT molecular complexity index is 588. The summed E-state index contributed by atoms with van der Waals surface area (Å²) in [4.78, 5) is 2.12. The summed E-state index contributed by atoms with van der Waals surface area (Å²) < 4.78 is 35.5. The number of likely N-dealkylation sites (tertiary alicyclic amines) is 1. The number of hydrogen-bond donors (Lipinski definition) is 2. The molecule has 1 spiro atoms. The highest BCUT2D eigenvalue weighted by Crippen LogP contribution is 2.40.